The molecule has 2 rings (SSSR count). The first kappa shape index (κ1) is 14.6. The van der Waals surface area contributed by atoms with Crippen LogP contribution in [0.15, 0.2) is 40.4 Å². The Morgan fingerprint density at radius 2 is 2.00 bits per heavy atom. The molecule has 1 aromatic carbocycles. The fourth-order valence-corrected chi connectivity index (χ4v) is 1.69. The van der Waals surface area contributed by atoms with Crippen LogP contribution < -0.4 is 20.5 Å². The van der Waals surface area contributed by atoms with Gasteiger partial charge in [-0.1, -0.05) is 0 Å². The van der Waals surface area contributed by atoms with Crippen LogP contribution >= 0.6 is 0 Å². The number of H-pyrrole nitrogens is 1. The summed E-state index contributed by atoms with van der Waals surface area (Å²) in [5, 5.41) is 4.17. The average Bonchev–Trinajstić information content (AvgIpc) is 2.52. The number of methoxy groups -OCH3 is 2. The zero-order valence-corrected chi connectivity index (χ0v) is 12.0. The van der Waals surface area contributed by atoms with Gasteiger partial charge in [0.2, 0.25) is 5.95 Å². The number of nitrogens with zero attached hydrogens (tertiary/aromatic N) is 2. The molecule has 0 amide bonds. The standard InChI is InChI=1S/C14H16N4O3/c1-9(17-18-14-15-7-6-13(19)16-14)10-4-5-11(20-2)12(8-10)21-3/h4-8H,1-3H3,(H2,15,16,18,19)/b17-9+. The fourth-order valence-electron chi connectivity index (χ4n) is 1.69. The second kappa shape index (κ2) is 6.56. The molecule has 0 fully saturated rings. The number of aromatic nitrogens is 2. The Kier molecular flexibility index (Phi) is 4.55. The van der Waals surface area contributed by atoms with E-state index in [1.807, 2.05) is 19.1 Å². The van der Waals surface area contributed by atoms with Crippen LogP contribution in [0.25, 0.3) is 0 Å². The van der Waals surface area contributed by atoms with Crippen molar-refractivity contribution < 1.29 is 9.47 Å². The minimum atomic E-state index is -0.244. The van der Waals surface area contributed by atoms with E-state index in [4.69, 9.17) is 9.47 Å². The highest BCUT2D eigenvalue weighted by Crippen LogP contribution is 2.27. The van der Waals surface area contributed by atoms with Crippen molar-refractivity contribution in [2.24, 2.45) is 5.10 Å². The molecule has 110 valence electrons. The predicted molar refractivity (Wildman–Crippen MR) is 80.2 cm³/mol. The van der Waals surface area contributed by atoms with Crippen LogP contribution in [-0.4, -0.2) is 29.9 Å². The largest absolute Gasteiger partial charge is 0.493 e. The number of rotatable bonds is 5. The van der Waals surface area contributed by atoms with Gasteiger partial charge in [0.25, 0.3) is 5.56 Å². The van der Waals surface area contributed by atoms with Crippen molar-refractivity contribution in [3.05, 3.63) is 46.4 Å². The maximum atomic E-state index is 11.1. The van der Waals surface area contributed by atoms with Crippen molar-refractivity contribution in [1.29, 1.82) is 0 Å². The summed E-state index contributed by atoms with van der Waals surface area (Å²) in [4.78, 5) is 17.6. The number of benzene rings is 1. The van der Waals surface area contributed by atoms with Crippen molar-refractivity contribution in [2.45, 2.75) is 6.92 Å². The third kappa shape index (κ3) is 3.59. The topological polar surface area (TPSA) is 88.6 Å². The Balaban J connectivity index is 2.21. The first-order chi connectivity index (χ1) is 10.1. The Hall–Kier alpha value is -2.83. The molecular formula is C14H16N4O3. The van der Waals surface area contributed by atoms with Gasteiger partial charge in [-0.25, -0.2) is 10.4 Å². The van der Waals surface area contributed by atoms with Crippen LogP contribution in [0, 0.1) is 0 Å². The van der Waals surface area contributed by atoms with E-state index in [1.54, 1.807) is 20.3 Å². The van der Waals surface area contributed by atoms with Crippen molar-refractivity contribution >= 4 is 11.7 Å². The molecule has 0 saturated carbocycles. The summed E-state index contributed by atoms with van der Waals surface area (Å²) in [5.74, 6) is 1.55. The maximum absolute atomic E-state index is 11.1. The number of ether oxygens (including phenoxy) is 2. The highest BCUT2D eigenvalue weighted by molar-refractivity contribution is 5.99. The molecule has 0 aliphatic carbocycles. The second-order valence-electron chi connectivity index (χ2n) is 4.16. The molecule has 0 bridgehead atoms. The van der Waals surface area contributed by atoms with Gasteiger partial charge in [0.15, 0.2) is 11.5 Å². The van der Waals surface area contributed by atoms with Gasteiger partial charge >= 0.3 is 0 Å². The minimum Gasteiger partial charge on any atom is -0.493 e. The molecule has 2 N–H and O–H groups in total. The van der Waals surface area contributed by atoms with Gasteiger partial charge in [0.05, 0.1) is 19.9 Å². The molecule has 0 aliphatic rings. The molecule has 0 atom stereocenters. The van der Waals surface area contributed by atoms with Gasteiger partial charge in [-0.3, -0.25) is 9.78 Å². The second-order valence-corrected chi connectivity index (χ2v) is 4.16. The van der Waals surface area contributed by atoms with Crippen LogP contribution in [0.3, 0.4) is 0 Å². The summed E-state index contributed by atoms with van der Waals surface area (Å²) in [6.07, 6.45) is 1.41. The Morgan fingerprint density at radius 3 is 2.67 bits per heavy atom. The molecule has 7 nitrogen and oxygen atoms in total. The average molecular weight is 288 g/mol. The van der Waals surface area contributed by atoms with E-state index >= 15 is 0 Å². The number of hydrogen-bond acceptors (Lipinski definition) is 6. The van der Waals surface area contributed by atoms with Gasteiger partial charge in [-0.2, -0.15) is 5.10 Å². The molecule has 0 spiro atoms. The molecule has 1 heterocycles. The maximum Gasteiger partial charge on any atom is 0.252 e. The van der Waals surface area contributed by atoms with E-state index in [9.17, 15) is 4.79 Å². The summed E-state index contributed by atoms with van der Waals surface area (Å²) < 4.78 is 10.4. The molecule has 7 heteroatoms. The molecule has 21 heavy (non-hydrogen) atoms. The SMILES string of the molecule is COc1ccc(/C(C)=N/Nc2nccc(=O)[nH]2)cc1OC. The van der Waals surface area contributed by atoms with Gasteiger partial charge in [-0.05, 0) is 25.1 Å². The highest BCUT2D eigenvalue weighted by Gasteiger charge is 2.06. The lowest BCUT2D eigenvalue weighted by Crippen LogP contribution is -2.09. The number of hydrogen-bond donors (Lipinski definition) is 2. The van der Waals surface area contributed by atoms with E-state index in [0.717, 1.165) is 5.56 Å². The molecule has 0 saturated heterocycles. The lowest BCUT2D eigenvalue weighted by Gasteiger charge is -2.09. The normalized spacial score (nSPS) is 11.1. The smallest absolute Gasteiger partial charge is 0.252 e. The van der Waals surface area contributed by atoms with Gasteiger partial charge in [0.1, 0.15) is 0 Å². The summed E-state index contributed by atoms with van der Waals surface area (Å²) in [6, 6.07) is 6.81. The number of nitrogens with one attached hydrogen (secondary N) is 2. The first-order valence-electron chi connectivity index (χ1n) is 6.22. The quantitative estimate of drug-likeness (QED) is 0.644. The molecular weight excluding hydrogens is 272 g/mol. The molecule has 2 aromatic rings. The summed E-state index contributed by atoms with van der Waals surface area (Å²) >= 11 is 0. The lowest BCUT2D eigenvalue weighted by molar-refractivity contribution is 0.355. The third-order valence-electron chi connectivity index (χ3n) is 2.80. The third-order valence-corrected chi connectivity index (χ3v) is 2.80. The zero-order chi connectivity index (χ0) is 15.2. The van der Waals surface area contributed by atoms with Crippen LogP contribution in [0.2, 0.25) is 0 Å². The zero-order valence-electron chi connectivity index (χ0n) is 12.0. The summed E-state index contributed by atoms with van der Waals surface area (Å²) in [7, 11) is 3.16. The van der Waals surface area contributed by atoms with E-state index < -0.39 is 0 Å². The summed E-state index contributed by atoms with van der Waals surface area (Å²) in [5.41, 5.74) is 4.03. The highest BCUT2D eigenvalue weighted by atomic mass is 16.5. The molecule has 1 aromatic heterocycles. The van der Waals surface area contributed by atoms with Crippen molar-refractivity contribution in [2.75, 3.05) is 19.6 Å². The number of aromatic amines is 1. The van der Waals surface area contributed by atoms with Gasteiger partial charge in [0, 0.05) is 17.8 Å². The van der Waals surface area contributed by atoms with Crippen LogP contribution in [0.4, 0.5) is 5.95 Å². The van der Waals surface area contributed by atoms with Crippen LogP contribution in [0.1, 0.15) is 12.5 Å². The summed E-state index contributed by atoms with van der Waals surface area (Å²) in [6.45, 7) is 1.83. The van der Waals surface area contributed by atoms with Crippen molar-refractivity contribution in [1.82, 2.24) is 9.97 Å². The van der Waals surface area contributed by atoms with E-state index in [2.05, 4.69) is 20.5 Å². The predicted octanol–water partition coefficient (Wildman–Crippen LogP) is 1.62. The molecule has 0 radical (unpaired) electrons. The Morgan fingerprint density at radius 1 is 1.24 bits per heavy atom. The first-order valence-corrected chi connectivity index (χ1v) is 6.22. The van der Waals surface area contributed by atoms with Crippen molar-refractivity contribution in [3.63, 3.8) is 0 Å². The molecule has 0 aliphatic heterocycles. The minimum absolute atomic E-state index is 0.244. The van der Waals surface area contributed by atoms with Gasteiger partial charge < -0.3 is 9.47 Å². The fraction of sp³-hybridized carbons (Fsp3) is 0.214. The number of hydrazone groups is 1. The molecule has 0 unspecified atom stereocenters. The van der Waals surface area contributed by atoms with Crippen LogP contribution in [0.5, 0.6) is 11.5 Å². The number of anilines is 1. The van der Waals surface area contributed by atoms with Crippen molar-refractivity contribution in [3.8, 4) is 11.5 Å². The Bertz CT molecular complexity index is 709. The van der Waals surface area contributed by atoms with E-state index in [-0.39, 0.29) is 11.5 Å². The monoisotopic (exact) mass is 288 g/mol. The van der Waals surface area contributed by atoms with E-state index in [0.29, 0.717) is 17.2 Å². The van der Waals surface area contributed by atoms with Crippen LogP contribution in [-0.2, 0) is 0 Å². The van der Waals surface area contributed by atoms with Gasteiger partial charge in [-0.15, -0.1) is 0 Å². The Labute approximate surface area is 121 Å². The lowest BCUT2D eigenvalue weighted by atomic mass is 10.1. The van der Waals surface area contributed by atoms with E-state index in [1.165, 1.54) is 12.3 Å².